The van der Waals surface area contributed by atoms with E-state index in [2.05, 4.69) is 9.72 Å². The van der Waals surface area contributed by atoms with Crippen LogP contribution >= 0.6 is 11.3 Å². The van der Waals surface area contributed by atoms with Crippen molar-refractivity contribution in [3.05, 3.63) is 40.7 Å². The van der Waals surface area contributed by atoms with E-state index in [1.807, 2.05) is 0 Å². The highest BCUT2D eigenvalue weighted by atomic mass is 32.1. The molecule has 0 aliphatic carbocycles. The Bertz CT molecular complexity index is 565. The Morgan fingerprint density at radius 2 is 2.24 bits per heavy atom. The standard InChI is InChI=1S/C12H10FNO2S/c1-7-10(12(15)16-2)17-11(14-7)8-4-3-5-9(13)6-8/h3-6H,1-2H3. The molecule has 1 aromatic heterocycles. The third-order valence-corrected chi connectivity index (χ3v) is 3.43. The van der Waals surface area contributed by atoms with Gasteiger partial charge < -0.3 is 4.74 Å². The second-order valence-electron chi connectivity index (χ2n) is 3.44. The Kier molecular flexibility index (Phi) is 3.19. The molecule has 0 unspecified atom stereocenters. The van der Waals surface area contributed by atoms with E-state index in [1.54, 1.807) is 19.1 Å². The van der Waals surface area contributed by atoms with Gasteiger partial charge in [0.05, 0.1) is 12.8 Å². The number of hydrogen-bond acceptors (Lipinski definition) is 4. The third-order valence-electron chi connectivity index (χ3n) is 2.24. The Balaban J connectivity index is 2.44. The van der Waals surface area contributed by atoms with Gasteiger partial charge in [-0.3, -0.25) is 0 Å². The monoisotopic (exact) mass is 251 g/mol. The summed E-state index contributed by atoms with van der Waals surface area (Å²) in [7, 11) is 1.32. The number of carbonyl (C=O) groups is 1. The van der Waals surface area contributed by atoms with Crippen LogP contribution in [0.15, 0.2) is 24.3 Å². The maximum atomic E-state index is 13.1. The van der Waals surface area contributed by atoms with Gasteiger partial charge >= 0.3 is 5.97 Å². The summed E-state index contributed by atoms with van der Waals surface area (Å²) in [4.78, 5) is 16.1. The van der Waals surface area contributed by atoms with Gasteiger partial charge in [0, 0.05) is 5.56 Å². The minimum Gasteiger partial charge on any atom is -0.465 e. The van der Waals surface area contributed by atoms with Crippen LogP contribution in [0, 0.1) is 12.7 Å². The van der Waals surface area contributed by atoms with Crippen molar-refractivity contribution in [2.75, 3.05) is 7.11 Å². The van der Waals surface area contributed by atoms with Gasteiger partial charge in [-0.05, 0) is 19.1 Å². The van der Waals surface area contributed by atoms with E-state index < -0.39 is 5.97 Å². The number of thiazole rings is 1. The van der Waals surface area contributed by atoms with Crippen molar-refractivity contribution in [2.24, 2.45) is 0 Å². The van der Waals surface area contributed by atoms with Crippen LogP contribution in [0.25, 0.3) is 10.6 Å². The van der Waals surface area contributed by atoms with Crippen LogP contribution in [-0.2, 0) is 4.74 Å². The van der Waals surface area contributed by atoms with Crippen LogP contribution in [-0.4, -0.2) is 18.1 Å². The second kappa shape index (κ2) is 4.63. The molecular weight excluding hydrogens is 241 g/mol. The zero-order valence-corrected chi connectivity index (χ0v) is 10.2. The average molecular weight is 251 g/mol. The van der Waals surface area contributed by atoms with Gasteiger partial charge in [-0.15, -0.1) is 11.3 Å². The van der Waals surface area contributed by atoms with Crippen molar-refractivity contribution in [1.82, 2.24) is 4.98 Å². The van der Waals surface area contributed by atoms with E-state index in [1.165, 1.54) is 30.6 Å². The fourth-order valence-electron chi connectivity index (χ4n) is 1.42. The van der Waals surface area contributed by atoms with Gasteiger partial charge in [0.2, 0.25) is 0 Å². The summed E-state index contributed by atoms with van der Waals surface area (Å²) in [5.41, 5.74) is 1.26. The first-order valence-electron chi connectivity index (χ1n) is 4.93. The fourth-order valence-corrected chi connectivity index (χ4v) is 2.40. The molecule has 0 spiro atoms. The van der Waals surface area contributed by atoms with Crippen LogP contribution < -0.4 is 0 Å². The number of nitrogens with zero attached hydrogens (tertiary/aromatic N) is 1. The smallest absolute Gasteiger partial charge is 0.349 e. The van der Waals surface area contributed by atoms with Crippen LogP contribution in [0.2, 0.25) is 0 Å². The van der Waals surface area contributed by atoms with Crippen LogP contribution in [0.5, 0.6) is 0 Å². The molecule has 1 heterocycles. The summed E-state index contributed by atoms with van der Waals surface area (Å²) >= 11 is 1.20. The lowest BCUT2D eigenvalue weighted by molar-refractivity contribution is 0.0605. The zero-order chi connectivity index (χ0) is 12.4. The predicted molar refractivity (Wildman–Crippen MR) is 63.6 cm³/mol. The molecule has 0 atom stereocenters. The largest absolute Gasteiger partial charge is 0.465 e. The van der Waals surface area contributed by atoms with E-state index >= 15 is 0 Å². The normalized spacial score (nSPS) is 10.3. The molecule has 17 heavy (non-hydrogen) atoms. The minimum atomic E-state index is -0.414. The predicted octanol–water partition coefficient (Wildman–Crippen LogP) is 3.04. The maximum absolute atomic E-state index is 13.1. The van der Waals surface area contributed by atoms with Gasteiger partial charge in [-0.1, -0.05) is 12.1 Å². The number of carbonyl (C=O) groups excluding carboxylic acids is 1. The number of aryl methyl sites for hydroxylation is 1. The summed E-state index contributed by atoms with van der Waals surface area (Å²) in [5, 5.41) is 0.613. The summed E-state index contributed by atoms with van der Waals surface area (Å²) in [6, 6.07) is 6.12. The molecule has 0 aliphatic rings. The molecular formula is C12H10FNO2S. The van der Waals surface area contributed by atoms with Crippen molar-refractivity contribution in [3.8, 4) is 10.6 Å². The molecule has 0 radical (unpaired) electrons. The Morgan fingerprint density at radius 1 is 1.47 bits per heavy atom. The highest BCUT2D eigenvalue weighted by molar-refractivity contribution is 7.17. The molecule has 1 aromatic carbocycles. The third kappa shape index (κ3) is 2.34. The molecule has 0 fully saturated rings. The Hall–Kier alpha value is -1.75. The SMILES string of the molecule is COC(=O)c1sc(-c2cccc(F)c2)nc1C. The lowest BCUT2D eigenvalue weighted by atomic mass is 10.2. The number of rotatable bonds is 2. The first-order valence-corrected chi connectivity index (χ1v) is 5.75. The Morgan fingerprint density at radius 3 is 2.88 bits per heavy atom. The summed E-state index contributed by atoms with van der Waals surface area (Å²) in [6.07, 6.45) is 0. The van der Waals surface area contributed by atoms with Crippen LogP contribution in [0.1, 0.15) is 15.4 Å². The highest BCUT2D eigenvalue weighted by Crippen LogP contribution is 2.28. The van der Waals surface area contributed by atoms with Crippen molar-refractivity contribution >= 4 is 17.3 Å². The molecule has 5 heteroatoms. The topological polar surface area (TPSA) is 39.2 Å². The maximum Gasteiger partial charge on any atom is 0.349 e. The van der Waals surface area contributed by atoms with Crippen molar-refractivity contribution in [3.63, 3.8) is 0 Å². The van der Waals surface area contributed by atoms with E-state index in [0.29, 0.717) is 21.1 Å². The number of hydrogen-bond donors (Lipinski definition) is 0. The number of methoxy groups -OCH3 is 1. The van der Waals surface area contributed by atoms with Crippen LogP contribution in [0.4, 0.5) is 4.39 Å². The summed E-state index contributed by atoms with van der Waals surface area (Å²) < 4.78 is 17.7. The number of benzene rings is 1. The number of halogens is 1. The number of aromatic nitrogens is 1. The van der Waals surface area contributed by atoms with E-state index in [4.69, 9.17) is 0 Å². The molecule has 0 aliphatic heterocycles. The summed E-state index contributed by atoms with van der Waals surface area (Å²) in [5.74, 6) is -0.738. The molecule has 3 nitrogen and oxygen atoms in total. The van der Waals surface area contributed by atoms with Gasteiger partial charge in [-0.25, -0.2) is 14.2 Å². The Labute approximate surface area is 102 Å². The molecule has 88 valence electrons. The van der Waals surface area contributed by atoms with E-state index in [-0.39, 0.29) is 5.82 Å². The van der Waals surface area contributed by atoms with Gasteiger partial charge in [-0.2, -0.15) is 0 Å². The van der Waals surface area contributed by atoms with Crippen molar-refractivity contribution in [1.29, 1.82) is 0 Å². The molecule has 0 saturated carbocycles. The summed E-state index contributed by atoms with van der Waals surface area (Å²) in [6.45, 7) is 1.73. The number of ether oxygens (including phenoxy) is 1. The van der Waals surface area contributed by atoms with Crippen molar-refractivity contribution < 1.29 is 13.9 Å². The lowest BCUT2D eigenvalue weighted by Crippen LogP contribution is -1.99. The molecule has 0 saturated heterocycles. The molecule has 0 amide bonds. The molecule has 0 bridgehead atoms. The first kappa shape index (κ1) is 11.7. The van der Waals surface area contributed by atoms with Gasteiger partial charge in [0.25, 0.3) is 0 Å². The average Bonchev–Trinajstić information content (AvgIpc) is 2.70. The second-order valence-corrected chi connectivity index (χ2v) is 4.43. The molecule has 2 rings (SSSR count). The van der Waals surface area contributed by atoms with Crippen molar-refractivity contribution in [2.45, 2.75) is 6.92 Å². The van der Waals surface area contributed by atoms with Gasteiger partial charge in [0.15, 0.2) is 0 Å². The minimum absolute atomic E-state index is 0.324. The van der Waals surface area contributed by atoms with E-state index in [9.17, 15) is 9.18 Å². The lowest BCUT2D eigenvalue weighted by Gasteiger charge is -1.95. The first-order chi connectivity index (χ1) is 8.11. The highest BCUT2D eigenvalue weighted by Gasteiger charge is 2.16. The zero-order valence-electron chi connectivity index (χ0n) is 9.36. The quantitative estimate of drug-likeness (QED) is 0.770. The van der Waals surface area contributed by atoms with Crippen LogP contribution in [0.3, 0.4) is 0 Å². The molecule has 2 aromatic rings. The van der Waals surface area contributed by atoms with Gasteiger partial charge in [0.1, 0.15) is 15.7 Å². The number of esters is 1. The fraction of sp³-hybridized carbons (Fsp3) is 0.167. The molecule has 0 N–H and O–H groups in total. The van der Waals surface area contributed by atoms with E-state index in [0.717, 1.165) is 0 Å².